The van der Waals surface area contributed by atoms with Crippen LogP contribution in [0, 0.1) is 30.9 Å². The third-order valence-electron chi connectivity index (χ3n) is 10.0. The molecular formula is C55H47NO6. The summed E-state index contributed by atoms with van der Waals surface area (Å²) in [5, 5.41) is 16.6. The van der Waals surface area contributed by atoms with Gasteiger partial charge in [0, 0.05) is 18.2 Å². The van der Waals surface area contributed by atoms with Gasteiger partial charge in [0.05, 0.1) is 4.92 Å². The minimum atomic E-state index is -0.466. The summed E-state index contributed by atoms with van der Waals surface area (Å²) in [6.45, 7) is 7.10. The number of nitro groups is 1. The Hall–Kier alpha value is -7.90. The van der Waals surface area contributed by atoms with Crippen molar-refractivity contribution in [2.45, 2.75) is 34.0 Å². The third kappa shape index (κ3) is 11.6. The second-order valence-corrected chi connectivity index (χ2v) is 14.6. The van der Waals surface area contributed by atoms with Crippen LogP contribution < -0.4 is 18.9 Å². The molecule has 9 aromatic carbocycles. The fourth-order valence-corrected chi connectivity index (χ4v) is 6.70. The summed E-state index contributed by atoms with van der Waals surface area (Å²) in [4.78, 5) is 10.7. The van der Waals surface area contributed by atoms with Crippen LogP contribution in [-0.4, -0.2) is 4.92 Å². The van der Waals surface area contributed by atoms with Gasteiger partial charge in [0.2, 0.25) is 5.75 Å². The maximum atomic E-state index is 11.2. The van der Waals surface area contributed by atoms with Crippen molar-refractivity contribution in [2.24, 2.45) is 0 Å². The van der Waals surface area contributed by atoms with E-state index < -0.39 is 4.92 Å². The lowest BCUT2D eigenvalue weighted by atomic mass is 9.98. The Bertz CT molecular complexity index is 2790. The highest BCUT2D eigenvalue weighted by atomic mass is 16.6. The monoisotopic (exact) mass is 817 g/mol. The molecule has 7 heteroatoms. The molecule has 0 amide bonds. The smallest absolute Gasteiger partial charge is 0.311 e. The Morgan fingerprint density at radius 1 is 0.435 bits per heavy atom. The molecular weight excluding hydrogens is 771 g/mol. The van der Waals surface area contributed by atoms with Crippen LogP contribution in [0.15, 0.2) is 206 Å². The number of fused-ring (bicyclic) bond motifs is 2. The lowest BCUT2D eigenvalue weighted by Gasteiger charge is -2.12. The van der Waals surface area contributed by atoms with E-state index in [2.05, 4.69) is 80.6 Å². The van der Waals surface area contributed by atoms with Gasteiger partial charge in [0.15, 0.2) is 0 Å². The van der Waals surface area contributed by atoms with Crippen molar-refractivity contribution < 1.29 is 23.9 Å². The van der Waals surface area contributed by atoms with E-state index in [4.69, 9.17) is 18.9 Å². The standard InChI is InChI=1S/C21H20O2.C19H15NO4.C15H12/c1-16-8-11-19(12-9-16)23-20-13-10-17(2)21(14-20)22-15-18-6-4-3-5-7-18;21-20(22)18-12-11-17(24-16-9-5-2-6-10-16)13-19(18)23-14-15-7-3-1-4-8-15;1-11-14-8-4-2-6-12(14)10-13-7-3-5-9-15(11)13/h3-14H,15H2,1-2H3;1-13H,14H2;2-10H,1H3. The molecule has 0 saturated carbocycles. The molecule has 0 radical (unpaired) electrons. The summed E-state index contributed by atoms with van der Waals surface area (Å²) in [6.07, 6.45) is 0. The van der Waals surface area contributed by atoms with Crippen LogP contribution >= 0.6 is 0 Å². The van der Waals surface area contributed by atoms with Gasteiger partial charge >= 0.3 is 5.69 Å². The molecule has 7 nitrogen and oxygen atoms in total. The van der Waals surface area contributed by atoms with E-state index in [9.17, 15) is 10.1 Å². The number of rotatable bonds is 11. The number of para-hydroxylation sites is 1. The predicted octanol–water partition coefficient (Wildman–Crippen LogP) is 14.9. The van der Waals surface area contributed by atoms with Gasteiger partial charge in [0.25, 0.3) is 0 Å². The number of benzene rings is 9. The molecule has 0 unspecified atom stereocenters. The van der Waals surface area contributed by atoms with Crippen molar-refractivity contribution in [1.29, 1.82) is 0 Å². The van der Waals surface area contributed by atoms with E-state index >= 15 is 0 Å². The van der Waals surface area contributed by atoms with Gasteiger partial charge in [0.1, 0.15) is 42.0 Å². The van der Waals surface area contributed by atoms with Gasteiger partial charge in [-0.15, -0.1) is 0 Å². The molecule has 9 rings (SSSR count). The molecule has 308 valence electrons. The van der Waals surface area contributed by atoms with Crippen LogP contribution in [0.2, 0.25) is 0 Å². The molecule has 0 N–H and O–H groups in total. The van der Waals surface area contributed by atoms with Crippen LogP contribution in [0.25, 0.3) is 21.5 Å². The molecule has 0 aliphatic rings. The molecule has 0 atom stereocenters. The first kappa shape index (κ1) is 42.2. The molecule has 0 aliphatic carbocycles. The molecule has 0 bridgehead atoms. The topological polar surface area (TPSA) is 80.1 Å². The van der Waals surface area contributed by atoms with Gasteiger partial charge in [-0.2, -0.15) is 0 Å². The molecule has 9 aromatic rings. The molecule has 0 spiro atoms. The molecule has 0 heterocycles. The summed E-state index contributed by atoms with van der Waals surface area (Å²) < 4.78 is 23.2. The molecule has 0 fully saturated rings. The van der Waals surface area contributed by atoms with Gasteiger partial charge in [-0.1, -0.05) is 151 Å². The highest BCUT2D eigenvalue weighted by molar-refractivity contribution is 6.01. The largest absolute Gasteiger partial charge is 0.488 e. The zero-order valence-electron chi connectivity index (χ0n) is 34.9. The van der Waals surface area contributed by atoms with Crippen LogP contribution in [0.4, 0.5) is 5.69 Å². The Labute approximate surface area is 362 Å². The Morgan fingerprint density at radius 2 is 0.871 bits per heavy atom. The highest BCUT2D eigenvalue weighted by Gasteiger charge is 2.17. The average molecular weight is 818 g/mol. The van der Waals surface area contributed by atoms with Gasteiger partial charge in [-0.3, -0.25) is 10.1 Å². The zero-order valence-corrected chi connectivity index (χ0v) is 34.9. The number of aryl methyl sites for hydroxylation is 3. The van der Waals surface area contributed by atoms with Gasteiger partial charge in [-0.05, 0) is 107 Å². The highest BCUT2D eigenvalue weighted by Crippen LogP contribution is 2.34. The van der Waals surface area contributed by atoms with Crippen LogP contribution in [0.5, 0.6) is 34.5 Å². The van der Waals surface area contributed by atoms with Crippen molar-refractivity contribution in [3.8, 4) is 34.5 Å². The summed E-state index contributed by atoms with van der Waals surface area (Å²) in [7, 11) is 0. The van der Waals surface area contributed by atoms with Crippen molar-refractivity contribution >= 4 is 27.2 Å². The fourth-order valence-electron chi connectivity index (χ4n) is 6.70. The average Bonchev–Trinajstić information content (AvgIpc) is 3.31. The summed E-state index contributed by atoms with van der Waals surface area (Å²) >= 11 is 0. The lowest BCUT2D eigenvalue weighted by molar-refractivity contribution is -0.386. The maximum absolute atomic E-state index is 11.2. The molecule has 0 saturated heterocycles. The molecule has 0 aromatic heterocycles. The van der Waals surface area contributed by atoms with Gasteiger partial charge < -0.3 is 18.9 Å². The van der Waals surface area contributed by atoms with E-state index in [0.29, 0.717) is 18.1 Å². The maximum Gasteiger partial charge on any atom is 0.311 e. The third-order valence-corrected chi connectivity index (χ3v) is 10.0. The first-order valence-electron chi connectivity index (χ1n) is 20.4. The fraction of sp³-hybridized carbons (Fsp3) is 0.0909. The van der Waals surface area contributed by atoms with E-state index in [1.165, 1.54) is 44.8 Å². The normalized spacial score (nSPS) is 10.4. The van der Waals surface area contributed by atoms with Crippen molar-refractivity contribution in [3.63, 3.8) is 0 Å². The van der Waals surface area contributed by atoms with Crippen LogP contribution in [0.3, 0.4) is 0 Å². The second kappa shape index (κ2) is 20.9. The summed E-state index contributed by atoms with van der Waals surface area (Å²) in [5.74, 6) is 3.77. The van der Waals surface area contributed by atoms with Crippen molar-refractivity contribution in [2.75, 3.05) is 0 Å². The van der Waals surface area contributed by atoms with E-state index in [-0.39, 0.29) is 18.0 Å². The van der Waals surface area contributed by atoms with Crippen LogP contribution in [0.1, 0.15) is 27.8 Å². The first-order chi connectivity index (χ1) is 30.3. The number of nitrogens with zero attached hydrogens (tertiary/aromatic N) is 1. The quantitative estimate of drug-likeness (QED) is 0.0735. The SMILES string of the molecule is Cc1c2ccccc2cc2ccccc12.Cc1ccc(Oc2ccc(C)c(OCc3ccccc3)c2)cc1.O=[N+]([O-])c1ccc(Oc2ccccc2)cc1OCc1ccccc1. The molecule has 62 heavy (non-hydrogen) atoms. The lowest BCUT2D eigenvalue weighted by Crippen LogP contribution is -1.99. The number of nitro benzene ring substituents is 1. The predicted molar refractivity (Wildman–Crippen MR) is 250 cm³/mol. The number of ether oxygens (including phenoxy) is 4. The second-order valence-electron chi connectivity index (χ2n) is 14.6. The van der Waals surface area contributed by atoms with E-state index in [0.717, 1.165) is 33.9 Å². The Kier molecular flexibility index (Phi) is 14.2. The number of hydrogen-bond donors (Lipinski definition) is 0. The van der Waals surface area contributed by atoms with Crippen LogP contribution in [-0.2, 0) is 13.2 Å². The Morgan fingerprint density at radius 3 is 1.42 bits per heavy atom. The summed E-state index contributed by atoms with van der Waals surface area (Å²) in [5.41, 5.74) is 5.68. The Balaban J connectivity index is 0.000000143. The van der Waals surface area contributed by atoms with E-state index in [1.807, 2.05) is 128 Å². The van der Waals surface area contributed by atoms with Crippen molar-refractivity contribution in [3.05, 3.63) is 244 Å². The first-order valence-corrected chi connectivity index (χ1v) is 20.4. The van der Waals surface area contributed by atoms with Gasteiger partial charge in [-0.25, -0.2) is 0 Å². The summed E-state index contributed by atoms with van der Waals surface area (Å²) in [6, 6.07) is 66.7. The molecule has 0 aliphatic heterocycles. The minimum absolute atomic E-state index is 0.0913. The number of hydrogen-bond acceptors (Lipinski definition) is 6. The zero-order chi connectivity index (χ0) is 43.1. The van der Waals surface area contributed by atoms with E-state index in [1.54, 1.807) is 6.07 Å². The minimum Gasteiger partial charge on any atom is -0.488 e. The van der Waals surface area contributed by atoms with Crippen molar-refractivity contribution in [1.82, 2.24) is 0 Å².